The lowest BCUT2D eigenvalue weighted by Crippen LogP contribution is -2.61. The van der Waals surface area contributed by atoms with Gasteiger partial charge in [-0.15, -0.1) is 0 Å². The molecule has 73 heavy (non-hydrogen) atoms. The third-order valence-electron chi connectivity index (χ3n) is 16.1. The quantitative estimate of drug-likeness (QED) is 0.118. The highest BCUT2D eigenvalue weighted by molar-refractivity contribution is 6.39. The third-order valence-corrected chi connectivity index (χ3v) is 16.1. The SMILES string of the molecule is CO[C@H]1C(=O)[C@H](C)C[C@H](C)/C=C/C=C/C=C(\C)C(OCCO)C[C@@H]2CC[C@@H](C)[C@@](O)(O2)C(=O)C(=O)N2CCCCC2C(=O)O[C@H]([C@H](C)C[C@H]2CC[C@H](OCCN3CCOCC3)CC2)CC(=O)[C@H](C)/C=C(\C)[C@H]1O. The van der Waals surface area contributed by atoms with Crippen molar-refractivity contribution in [3.63, 3.8) is 0 Å². The van der Waals surface area contributed by atoms with Crippen LogP contribution in [0, 0.1) is 35.5 Å². The number of ketones is 3. The molecule has 1 saturated carbocycles. The molecule has 4 heterocycles. The van der Waals surface area contributed by atoms with Crippen LogP contribution in [-0.2, 0) is 52.4 Å². The van der Waals surface area contributed by atoms with Crippen LogP contribution in [0.1, 0.15) is 132 Å². The molecule has 3 saturated heterocycles. The lowest BCUT2D eigenvalue weighted by atomic mass is 9.79. The van der Waals surface area contributed by atoms with Gasteiger partial charge in [-0.1, -0.05) is 71.1 Å². The van der Waals surface area contributed by atoms with Crippen LogP contribution in [0.15, 0.2) is 47.6 Å². The minimum Gasteiger partial charge on any atom is -0.460 e. The molecule has 0 spiro atoms. The van der Waals surface area contributed by atoms with Gasteiger partial charge in [0.2, 0.25) is 5.79 Å². The van der Waals surface area contributed by atoms with Crippen LogP contribution < -0.4 is 0 Å². The van der Waals surface area contributed by atoms with Gasteiger partial charge in [0.05, 0.1) is 51.3 Å². The number of aliphatic hydroxyl groups excluding tert-OH is 2. The number of fused-ring (bicyclic) bond motifs is 3. The van der Waals surface area contributed by atoms with Crippen LogP contribution in [0.4, 0.5) is 0 Å². The number of aliphatic hydroxyl groups is 3. The fourth-order valence-corrected chi connectivity index (χ4v) is 11.3. The van der Waals surface area contributed by atoms with Crippen LogP contribution in [0.2, 0.25) is 0 Å². The molecule has 2 unspecified atom stereocenters. The average molecular weight is 1030 g/mol. The number of cyclic esters (lactones) is 1. The zero-order valence-electron chi connectivity index (χ0n) is 45.3. The Morgan fingerprint density at radius 1 is 0.849 bits per heavy atom. The summed E-state index contributed by atoms with van der Waals surface area (Å²) in [6.45, 7) is 17.5. The molecule has 12 atom stereocenters. The monoisotopic (exact) mass is 1030 g/mol. The summed E-state index contributed by atoms with van der Waals surface area (Å²) in [6, 6.07) is -1.13. The molecule has 0 aromatic rings. The lowest BCUT2D eigenvalue weighted by molar-refractivity contribution is -0.266. The van der Waals surface area contributed by atoms with E-state index in [2.05, 4.69) is 4.90 Å². The maximum absolute atomic E-state index is 14.5. The van der Waals surface area contributed by atoms with E-state index in [1.807, 2.05) is 58.1 Å². The van der Waals surface area contributed by atoms with Gasteiger partial charge in [-0.3, -0.25) is 24.1 Å². The van der Waals surface area contributed by atoms with Crippen molar-refractivity contribution in [2.45, 2.75) is 180 Å². The molecule has 0 aromatic heterocycles. The summed E-state index contributed by atoms with van der Waals surface area (Å²) in [5.41, 5.74) is 1.21. The van der Waals surface area contributed by atoms with Gasteiger partial charge in [-0.2, -0.15) is 0 Å². The Labute approximate surface area is 435 Å². The van der Waals surface area contributed by atoms with Gasteiger partial charge in [0.15, 0.2) is 5.78 Å². The van der Waals surface area contributed by atoms with Gasteiger partial charge in [-0.05, 0) is 113 Å². The maximum atomic E-state index is 14.5. The van der Waals surface area contributed by atoms with E-state index in [0.29, 0.717) is 56.6 Å². The number of allylic oxidation sites excluding steroid dienone is 6. The van der Waals surface area contributed by atoms with E-state index in [4.69, 9.17) is 28.4 Å². The van der Waals surface area contributed by atoms with Crippen molar-refractivity contribution in [2.24, 2.45) is 35.5 Å². The fraction of sp³-hybridized carbons (Fsp3) is 0.772. The van der Waals surface area contributed by atoms with Crippen molar-refractivity contribution in [2.75, 3.05) is 66.3 Å². The van der Waals surface area contributed by atoms with Crippen LogP contribution in [-0.4, -0.2) is 169 Å². The van der Waals surface area contributed by atoms with Crippen molar-refractivity contribution < 1.29 is 67.7 Å². The number of piperidine rings is 1. The molecule has 4 aliphatic heterocycles. The van der Waals surface area contributed by atoms with E-state index >= 15 is 0 Å². The molecular weight excluding hydrogens is 937 g/mol. The second-order valence-corrected chi connectivity index (χ2v) is 21.9. The first-order valence-electron chi connectivity index (χ1n) is 27.4. The molecule has 0 radical (unpaired) electrons. The normalized spacial score (nSPS) is 37.8. The number of hydrogen-bond acceptors (Lipinski definition) is 15. The second-order valence-electron chi connectivity index (χ2n) is 21.9. The Bertz CT molecular complexity index is 1920. The minimum absolute atomic E-state index is 0.00144. The maximum Gasteiger partial charge on any atom is 0.329 e. The molecule has 16 heteroatoms. The van der Waals surface area contributed by atoms with E-state index in [1.165, 1.54) is 12.0 Å². The van der Waals surface area contributed by atoms with E-state index < -0.39 is 77.8 Å². The predicted molar refractivity (Wildman–Crippen MR) is 276 cm³/mol. The Morgan fingerprint density at radius 3 is 2.27 bits per heavy atom. The van der Waals surface area contributed by atoms with Gasteiger partial charge in [-0.25, -0.2) is 4.79 Å². The van der Waals surface area contributed by atoms with Gasteiger partial charge in [0.1, 0.15) is 30.1 Å². The summed E-state index contributed by atoms with van der Waals surface area (Å²) in [7, 11) is 1.39. The number of esters is 1. The summed E-state index contributed by atoms with van der Waals surface area (Å²) >= 11 is 0. The van der Waals surface area contributed by atoms with Gasteiger partial charge < -0.3 is 48.6 Å². The number of hydrogen-bond donors (Lipinski definition) is 3. The smallest absolute Gasteiger partial charge is 0.329 e. The number of carbonyl (C=O) groups is 5. The first-order valence-corrected chi connectivity index (χ1v) is 27.4. The van der Waals surface area contributed by atoms with Gasteiger partial charge in [0, 0.05) is 63.9 Å². The van der Waals surface area contributed by atoms with Crippen LogP contribution >= 0.6 is 0 Å². The highest BCUT2D eigenvalue weighted by Gasteiger charge is 2.53. The summed E-state index contributed by atoms with van der Waals surface area (Å²) in [5.74, 6) is -7.73. The summed E-state index contributed by atoms with van der Waals surface area (Å²) in [4.78, 5) is 74.9. The van der Waals surface area contributed by atoms with E-state index in [9.17, 15) is 39.3 Å². The van der Waals surface area contributed by atoms with E-state index in [1.54, 1.807) is 26.8 Å². The van der Waals surface area contributed by atoms with E-state index in [0.717, 1.165) is 64.1 Å². The molecule has 1 aliphatic carbocycles. The van der Waals surface area contributed by atoms with Gasteiger partial charge >= 0.3 is 5.97 Å². The number of rotatable bonds is 11. The van der Waals surface area contributed by atoms with E-state index in [-0.39, 0.29) is 68.5 Å². The van der Waals surface area contributed by atoms with Crippen LogP contribution in [0.25, 0.3) is 0 Å². The summed E-state index contributed by atoms with van der Waals surface area (Å²) in [6.07, 6.45) is 13.8. The lowest BCUT2D eigenvalue weighted by Gasteiger charge is -2.43. The number of morpholine rings is 1. The Hall–Kier alpha value is -3.45. The first kappa shape index (κ1) is 60.4. The molecule has 412 valence electrons. The standard InChI is InChI=1S/C57H90N2O14/c1-37-14-10-9-11-15-38(2)49(71-31-27-60)35-46-20-17-43(7)57(67,73-46)54(64)55(65)59-23-13-12-16-47(59)56(66)72-50(36-48(61)39(3)33-42(6)52(63)53(68-8)51(62)41(5)32-37)40(4)34-44-18-21-45(22-19-44)70-30-26-58-24-28-69-29-25-58/h9-11,14-15,33,37,39-41,43-47,49-50,52-53,60,63,67H,12-13,16-32,34-36H2,1-8H3/b11-9+,14-10+,38-15+,42-33+/t37-,39-,40-,41-,43-,44-,45-,46+,47?,49?,50+,52-,53+,57-/m1/s1. The Morgan fingerprint density at radius 2 is 1.58 bits per heavy atom. The molecule has 3 N–H and O–H groups in total. The van der Waals surface area contributed by atoms with Crippen molar-refractivity contribution in [3.8, 4) is 0 Å². The number of methoxy groups -OCH3 is 1. The largest absolute Gasteiger partial charge is 0.460 e. The first-order chi connectivity index (χ1) is 34.9. The Balaban J connectivity index is 1.41. The van der Waals surface area contributed by atoms with Crippen molar-refractivity contribution in [1.29, 1.82) is 0 Å². The molecule has 0 aromatic carbocycles. The average Bonchev–Trinajstić information content (AvgIpc) is 3.38. The molecule has 2 bridgehead atoms. The zero-order chi connectivity index (χ0) is 53.2. The van der Waals surface area contributed by atoms with Crippen molar-refractivity contribution in [3.05, 3.63) is 47.6 Å². The summed E-state index contributed by atoms with van der Waals surface area (Å²) in [5, 5.41) is 33.2. The molecule has 5 rings (SSSR count). The summed E-state index contributed by atoms with van der Waals surface area (Å²) < 4.78 is 36.0. The number of nitrogens with zero attached hydrogens (tertiary/aromatic N) is 2. The number of amides is 1. The minimum atomic E-state index is -2.47. The molecule has 5 aliphatic rings. The number of Topliss-reactive ketones (excluding diaryl/α,β-unsaturated/α-hetero) is 3. The molecule has 16 nitrogen and oxygen atoms in total. The fourth-order valence-electron chi connectivity index (χ4n) is 11.3. The molecule has 1 amide bonds. The Kier molecular flexibility index (Phi) is 24.6. The predicted octanol–water partition coefficient (Wildman–Crippen LogP) is 6.27. The third kappa shape index (κ3) is 17.5. The van der Waals surface area contributed by atoms with Crippen LogP contribution in [0.5, 0.6) is 0 Å². The van der Waals surface area contributed by atoms with Crippen molar-refractivity contribution >= 4 is 29.2 Å². The van der Waals surface area contributed by atoms with Crippen molar-refractivity contribution in [1.82, 2.24) is 9.80 Å². The zero-order valence-corrected chi connectivity index (χ0v) is 45.3. The number of ether oxygens (including phenoxy) is 6. The highest BCUT2D eigenvalue weighted by Crippen LogP contribution is 2.38. The second kappa shape index (κ2) is 29.7. The van der Waals surface area contributed by atoms with Gasteiger partial charge in [0.25, 0.3) is 11.7 Å². The van der Waals surface area contributed by atoms with Crippen LogP contribution in [0.3, 0.4) is 0 Å². The molecular formula is C57H90N2O14. The highest BCUT2D eigenvalue weighted by atomic mass is 16.6. The number of carbonyl (C=O) groups excluding carboxylic acids is 5. The molecule has 4 fully saturated rings. The topological polar surface area (TPSA) is 208 Å².